The van der Waals surface area contributed by atoms with Gasteiger partial charge in [0.2, 0.25) is 0 Å². The number of ketones is 1. The number of carbonyl (C=O) groups excluding carboxylic acids is 1. The fraction of sp³-hybridized carbons (Fsp3) is 0.588. The van der Waals surface area contributed by atoms with Gasteiger partial charge in [-0.25, -0.2) is 0 Å². The van der Waals surface area contributed by atoms with Crippen molar-refractivity contribution in [1.29, 1.82) is 0 Å². The van der Waals surface area contributed by atoms with Gasteiger partial charge in [-0.15, -0.1) is 11.8 Å². The molecule has 4 aliphatic heterocycles. The lowest BCUT2D eigenvalue weighted by molar-refractivity contribution is -0.524. The highest BCUT2D eigenvalue weighted by atomic mass is 32.2. The number of hydrogen-bond donors (Lipinski definition) is 0. The molecule has 7 heteroatoms. The van der Waals surface area contributed by atoms with E-state index in [1.165, 1.54) is 0 Å². The molecule has 0 aromatic rings. The Kier molecular flexibility index (Phi) is 4.22. The number of nitrogens with zero attached hydrogens (tertiary/aromatic N) is 4. The molecule has 24 heavy (non-hydrogen) atoms. The first kappa shape index (κ1) is 15.9. The summed E-state index contributed by atoms with van der Waals surface area (Å²) in [6, 6.07) is -0.236. The van der Waals surface area contributed by atoms with Crippen LogP contribution in [0.1, 0.15) is 19.3 Å². The monoisotopic (exact) mass is 345 g/mol. The van der Waals surface area contributed by atoms with E-state index in [4.69, 9.17) is 0 Å². The largest absolute Gasteiger partial charge is 0.383 e. The molecule has 0 spiro atoms. The van der Waals surface area contributed by atoms with Gasteiger partial charge in [-0.05, 0) is 48.1 Å². The Morgan fingerprint density at radius 2 is 2.12 bits per heavy atom. The van der Waals surface area contributed by atoms with E-state index in [1.807, 2.05) is 5.41 Å². The van der Waals surface area contributed by atoms with Gasteiger partial charge in [0.25, 0.3) is 0 Å². The second-order valence-electron chi connectivity index (χ2n) is 6.84. The van der Waals surface area contributed by atoms with Gasteiger partial charge >= 0.3 is 5.82 Å². The number of nitroso groups, excluding NO2 is 1. The number of rotatable bonds is 2. The fourth-order valence-electron chi connectivity index (χ4n) is 3.75. The maximum atomic E-state index is 13.1. The molecular formula is C17H21N4O2S+. The molecule has 4 aliphatic rings. The Bertz CT molecular complexity index is 701. The summed E-state index contributed by atoms with van der Waals surface area (Å²) >= 11 is 1.62. The normalized spacial score (nSPS) is 30.9. The summed E-state index contributed by atoms with van der Waals surface area (Å²) in [5, 5.41) is 1.98. The van der Waals surface area contributed by atoms with E-state index in [-0.39, 0.29) is 23.7 Å². The smallest absolute Gasteiger partial charge is 0.306 e. The van der Waals surface area contributed by atoms with Crippen LogP contribution in [0.2, 0.25) is 0 Å². The molecule has 126 valence electrons. The topological polar surface area (TPSA) is 65.1 Å². The second kappa shape index (κ2) is 6.37. The number of allylic oxidation sites excluding steroid dienone is 1. The van der Waals surface area contributed by atoms with Crippen molar-refractivity contribution in [3.63, 3.8) is 0 Å². The van der Waals surface area contributed by atoms with Gasteiger partial charge in [-0.1, -0.05) is 4.91 Å². The number of piperidine rings is 1. The van der Waals surface area contributed by atoms with Crippen LogP contribution in [0.15, 0.2) is 32.5 Å². The standard InChI is InChI=1S/C17H21N4O2S/c1-20-6-3-11(4-7-20)16(22)13-2-5-18-17-15(13)19-8-12-9-24-10-14(12)21(17)23/h5,8-9,11,13-14H,2-4,6-7,10H2,1H3/q+1. The third-order valence-corrected chi connectivity index (χ3v) is 6.23. The highest BCUT2D eigenvalue weighted by molar-refractivity contribution is 8.02. The van der Waals surface area contributed by atoms with Crippen LogP contribution in [0.5, 0.6) is 0 Å². The van der Waals surface area contributed by atoms with Crippen LogP contribution in [0.4, 0.5) is 0 Å². The molecule has 0 radical (unpaired) electrons. The highest BCUT2D eigenvalue weighted by Crippen LogP contribution is 2.35. The van der Waals surface area contributed by atoms with Crippen molar-refractivity contribution in [2.75, 3.05) is 25.9 Å². The minimum Gasteiger partial charge on any atom is -0.306 e. The van der Waals surface area contributed by atoms with E-state index in [1.54, 1.807) is 24.2 Å². The molecule has 2 unspecified atom stereocenters. The third-order valence-electron chi connectivity index (χ3n) is 5.28. The van der Waals surface area contributed by atoms with Crippen molar-refractivity contribution < 1.29 is 9.55 Å². The SMILES string of the molecule is CN1CCC(C(=O)C2CC=NC3=C2N=CC2=CSCC2[N+]3=O)CC1. The number of fused-ring (bicyclic) bond motifs is 1. The molecule has 1 saturated heterocycles. The third kappa shape index (κ3) is 2.69. The van der Waals surface area contributed by atoms with E-state index in [2.05, 4.69) is 21.9 Å². The summed E-state index contributed by atoms with van der Waals surface area (Å²) in [5.74, 6) is 1.01. The lowest BCUT2D eigenvalue weighted by Gasteiger charge is -2.30. The van der Waals surface area contributed by atoms with E-state index in [0.717, 1.165) is 36.3 Å². The number of aliphatic imine (C=N–C) groups is 2. The fourth-order valence-corrected chi connectivity index (χ4v) is 4.76. The summed E-state index contributed by atoms with van der Waals surface area (Å²) < 4.78 is 0.957. The first-order valence-electron chi connectivity index (χ1n) is 8.46. The van der Waals surface area contributed by atoms with Crippen LogP contribution in [-0.4, -0.2) is 59.8 Å². The molecule has 0 aromatic carbocycles. The van der Waals surface area contributed by atoms with Crippen LogP contribution >= 0.6 is 11.8 Å². The molecule has 0 N–H and O–H groups in total. The van der Waals surface area contributed by atoms with Crippen molar-refractivity contribution in [3.05, 3.63) is 27.4 Å². The van der Waals surface area contributed by atoms with E-state index < -0.39 is 0 Å². The molecule has 0 bridgehead atoms. The van der Waals surface area contributed by atoms with Gasteiger partial charge in [0.05, 0.1) is 5.92 Å². The predicted octanol–water partition coefficient (Wildman–Crippen LogP) is 2.02. The number of likely N-dealkylation sites (tertiary alicyclic amines) is 1. The van der Waals surface area contributed by atoms with Crippen molar-refractivity contribution in [1.82, 2.24) is 4.90 Å². The first-order chi connectivity index (χ1) is 11.6. The minimum absolute atomic E-state index is 0.0688. The van der Waals surface area contributed by atoms with E-state index in [0.29, 0.717) is 23.7 Å². The number of Topliss-reactive ketones (excluding diaryl/α,β-unsaturated/α-hetero) is 1. The summed E-state index contributed by atoms with van der Waals surface area (Å²) in [7, 11) is 2.09. The van der Waals surface area contributed by atoms with Gasteiger partial charge in [0.15, 0.2) is 6.04 Å². The summed E-state index contributed by atoms with van der Waals surface area (Å²) in [6.45, 7) is 1.90. The molecule has 0 saturated carbocycles. The molecule has 0 aliphatic carbocycles. The minimum atomic E-state index is -0.328. The first-order valence-corrected chi connectivity index (χ1v) is 9.51. The average Bonchev–Trinajstić information content (AvgIpc) is 3.03. The Hall–Kier alpha value is -1.60. The molecule has 0 aromatic heterocycles. The van der Waals surface area contributed by atoms with Crippen molar-refractivity contribution in [3.8, 4) is 0 Å². The average molecular weight is 345 g/mol. The molecule has 1 fully saturated rings. The zero-order valence-electron chi connectivity index (χ0n) is 13.7. The summed E-state index contributed by atoms with van der Waals surface area (Å²) in [5.41, 5.74) is 1.49. The van der Waals surface area contributed by atoms with E-state index in [9.17, 15) is 9.70 Å². The number of hydrogen-bond acceptors (Lipinski definition) is 6. The van der Waals surface area contributed by atoms with Gasteiger partial charge in [0.1, 0.15) is 17.7 Å². The van der Waals surface area contributed by atoms with E-state index >= 15 is 0 Å². The maximum Gasteiger partial charge on any atom is 0.383 e. The zero-order valence-corrected chi connectivity index (χ0v) is 14.5. The predicted molar refractivity (Wildman–Crippen MR) is 95.3 cm³/mol. The lowest BCUT2D eigenvalue weighted by atomic mass is 9.82. The van der Waals surface area contributed by atoms with Crippen LogP contribution in [-0.2, 0) is 4.79 Å². The van der Waals surface area contributed by atoms with Gasteiger partial charge in [-0.2, -0.15) is 0 Å². The number of carbonyl (C=O) groups is 1. The molecule has 2 atom stereocenters. The van der Waals surface area contributed by atoms with Crippen LogP contribution in [0, 0.1) is 16.7 Å². The van der Waals surface area contributed by atoms with Gasteiger partial charge in [-0.3, -0.25) is 9.79 Å². The zero-order chi connectivity index (χ0) is 16.7. The quantitative estimate of drug-likeness (QED) is 0.718. The summed E-state index contributed by atoms with van der Waals surface area (Å²) in [4.78, 5) is 36.9. The van der Waals surface area contributed by atoms with Crippen molar-refractivity contribution >= 4 is 30.0 Å². The van der Waals surface area contributed by atoms with Crippen LogP contribution < -0.4 is 0 Å². The molecule has 4 rings (SSSR count). The summed E-state index contributed by atoms with van der Waals surface area (Å²) in [6.07, 6.45) is 5.80. The van der Waals surface area contributed by atoms with Crippen molar-refractivity contribution in [2.45, 2.75) is 25.3 Å². The molecule has 4 heterocycles. The van der Waals surface area contributed by atoms with Gasteiger partial charge in [0, 0.05) is 29.9 Å². The Balaban J connectivity index is 1.63. The maximum absolute atomic E-state index is 13.1. The van der Waals surface area contributed by atoms with Crippen LogP contribution in [0.3, 0.4) is 0 Å². The number of thioether (sulfide) groups is 1. The molecule has 0 amide bonds. The molecule has 6 nitrogen and oxygen atoms in total. The Labute approximate surface area is 145 Å². The Morgan fingerprint density at radius 1 is 1.33 bits per heavy atom. The molecular weight excluding hydrogens is 324 g/mol. The van der Waals surface area contributed by atoms with Crippen molar-refractivity contribution in [2.24, 2.45) is 21.8 Å². The lowest BCUT2D eigenvalue weighted by Crippen LogP contribution is -2.37. The highest BCUT2D eigenvalue weighted by Gasteiger charge is 2.43. The second-order valence-corrected chi connectivity index (χ2v) is 7.74. The van der Waals surface area contributed by atoms with Crippen LogP contribution in [0.25, 0.3) is 0 Å². The van der Waals surface area contributed by atoms with Gasteiger partial charge < -0.3 is 4.90 Å². The Morgan fingerprint density at radius 3 is 2.92 bits per heavy atom.